The summed E-state index contributed by atoms with van der Waals surface area (Å²) in [5, 5.41) is 15.0. The van der Waals surface area contributed by atoms with E-state index in [1.54, 1.807) is 0 Å². The molecule has 0 saturated carbocycles. The van der Waals surface area contributed by atoms with Crippen LogP contribution in [0.15, 0.2) is 58.1 Å². The van der Waals surface area contributed by atoms with Gasteiger partial charge in [-0.1, -0.05) is 18.2 Å². The zero-order chi connectivity index (χ0) is 19.8. The number of aromatic nitrogens is 3. The van der Waals surface area contributed by atoms with Crippen molar-refractivity contribution in [2.24, 2.45) is 4.99 Å². The lowest BCUT2D eigenvalue weighted by atomic mass is 10.3. The average molecular weight is 445 g/mol. The number of ether oxygens (including phenoxy) is 1. The van der Waals surface area contributed by atoms with Gasteiger partial charge in [-0.3, -0.25) is 4.40 Å². The van der Waals surface area contributed by atoms with Crippen molar-refractivity contribution in [2.45, 2.75) is 26.4 Å². The smallest absolute Gasteiger partial charge is 0.191 e. The minimum Gasteiger partial charge on any atom is -0.488 e. The highest BCUT2D eigenvalue weighted by atomic mass is 79.9. The minimum atomic E-state index is -0.0467. The molecule has 28 heavy (non-hydrogen) atoms. The Balaban J connectivity index is 1.53. The van der Waals surface area contributed by atoms with Crippen molar-refractivity contribution in [1.29, 1.82) is 0 Å². The third-order valence-electron chi connectivity index (χ3n) is 4.04. The molecule has 0 fully saturated rings. The monoisotopic (exact) mass is 444 g/mol. The first-order chi connectivity index (χ1) is 13.7. The van der Waals surface area contributed by atoms with Gasteiger partial charge in [-0.05, 0) is 54.0 Å². The molecule has 148 valence electrons. The van der Waals surface area contributed by atoms with Gasteiger partial charge in [0.15, 0.2) is 11.6 Å². The fraction of sp³-hybridized carbons (Fsp3) is 0.350. The van der Waals surface area contributed by atoms with Crippen LogP contribution >= 0.6 is 15.9 Å². The highest BCUT2D eigenvalue weighted by Crippen LogP contribution is 2.24. The lowest BCUT2D eigenvalue weighted by Gasteiger charge is -2.16. The first-order valence-corrected chi connectivity index (χ1v) is 10.2. The van der Waals surface area contributed by atoms with Crippen molar-refractivity contribution in [3.05, 3.63) is 59.0 Å². The molecule has 2 aromatic heterocycles. The van der Waals surface area contributed by atoms with Crippen molar-refractivity contribution in [3.8, 4) is 5.75 Å². The van der Waals surface area contributed by atoms with Gasteiger partial charge in [0, 0.05) is 25.7 Å². The Bertz CT molecular complexity index is 926. The second-order valence-electron chi connectivity index (χ2n) is 6.30. The van der Waals surface area contributed by atoms with E-state index in [4.69, 9.17) is 4.74 Å². The molecular formula is C20H25BrN6O. The quantitative estimate of drug-likeness (QED) is 0.412. The van der Waals surface area contributed by atoms with Crippen LogP contribution in [0.2, 0.25) is 0 Å². The maximum absolute atomic E-state index is 5.95. The van der Waals surface area contributed by atoms with E-state index < -0.39 is 0 Å². The van der Waals surface area contributed by atoms with Crippen LogP contribution in [0.5, 0.6) is 5.75 Å². The number of benzene rings is 1. The van der Waals surface area contributed by atoms with E-state index in [0.29, 0.717) is 13.1 Å². The van der Waals surface area contributed by atoms with Crippen LogP contribution < -0.4 is 15.4 Å². The summed E-state index contributed by atoms with van der Waals surface area (Å²) >= 11 is 3.50. The van der Waals surface area contributed by atoms with Crippen LogP contribution in [0, 0.1) is 0 Å². The number of halogens is 1. The van der Waals surface area contributed by atoms with Crippen LogP contribution in [0.3, 0.4) is 0 Å². The summed E-state index contributed by atoms with van der Waals surface area (Å²) in [5.41, 5.74) is 0.858. The van der Waals surface area contributed by atoms with Crippen molar-refractivity contribution < 1.29 is 4.74 Å². The third kappa shape index (κ3) is 5.45. The normalized spacial score (nSPS) is 12.8. The fourth-order valence-corrected chi connectivity index (χ4v) is 3.09. The van der Waals surface area contributed by atoms with Gasteiger partial charge >= 0.3 is 0 Å². The number of hydrogen-bond donors (Lipinski definition) is 2. The zero-order valence-corrected chi connectivity index (χ0v) is 17.7. The number of pyridine rings is 1. The largest absolute Gasteiger partial charge is 0.488 e. The summed E-state index contributed by atoms with van der Waals surface area (Å²) in [6.07, 6.45) is 2.68. The van der Waals surface area contributed by atoms with E-state index in [-0.39, 0.29) is 6.10 Å². The molecule has 1 aromatic carbocycles. The summed E-state index contributed by atoms with van der Waals surface area (Å²) < 4.78 is 8.89. The molecule has 0 bridgehead atoms. The molecule has 1 atom stereocenters. The molecule has 2 heterocycles. The number of nitrogens with zero attached hydrogens (tertiary/aromatic N) is 4. The molecule has 8 heteroatoms. The number of aliphatic imine (C=N–C) groups is 1. The van der Waals surface area contributed by atoms with Gasteiger partial charge in [-0.2, -0.15) is 0 Å². The van der Waals surface area contributed by atoms with E-state index in [1.807, 2.05) is 66.9 Å². The third-order valence-corrected chi connectivity index (χ3v) is 4.70. The van der Waals surface area contributed by atoms with E-state index in [0.717, 1.165) is 40.6 Å². The van der Waals surface area contributed by atoms with Gasteiger partial charge < -0.3 is 15.4 Å². The highest BCUT2D eigenvalue weighted by Gasteiger charge is 2.08. The number of guanidine groups is 1. The van der Waals surface area contributed by atoms with Crippen LogP contribution in [0.1, 0.15) is 19.7 Å². The summed E-state index contributed by atoms with van der Waals surface area (Å²) in [6, 6.07) is 13.7. The zero-order valence-electron chi connectivity index (χ0n) is 16.1. The van der Waals surface area contributed by atoms with Gasteiger partial charge in [0.1, 0.15) is 17.7 Å². The molecule has 0 radical (unpaired) electrons. The number of para-hydroxylation sites is 1. The molecule has 1 unspecified atom stereocenters. The first-order valence-electron chi connectivity index (χ1n) is 9.39. The number of nitrogens with one attached hydrogen (secondary N) is 2. The van der Waals surface area contributed by atoms with Crippen LogP contribution in [0.4, 0.5) is 0 Å². The van der Waals surface area contributed by atoms with Crippen molar-refractivity contribution in [3.63, 3.8) is 0 Å². The standard InChI is InChI=1S/C20H25BrN6O/c1-3-22-20(24-14-15(2)28-17-9-5-4-8-16(17)21)23-12-11-19-26-25-18-10-6-7-13-27(18)19/h4-10,13,15H,3,11-12,14H2,1-2H3,(H2,22,23,24). The summed E-state index contributed by atoms with van der Waals surface area (Å²) in [5.74, 6) is 2.50. The van der Waals surface area contributed by atoms with Crippen LogP contribution in [-0.2, 0) is 6.42 Å². The summed E-state index contributed by atoms with van der Waals surface area (Å²) in [6.45, 7) is 6.10. The SMILES string of the molecule is CCNC(=NCC(C)Oc1ccccc1Br)NCCc1nnc2ccccn12. The molecule has 2 N–H and O–H groups in total. The molecule has 0 aliphatic rings. The first kappa shape index (κ1) is 20.1. The van der Waals surface area contributed by atoms with E-state index in [1.165, 1.54) is 0 Å². The molecule has 0 amide bonds. The van der Waals surface area contributed by atoms with E-state index in [9.17, 15) is 0 Å². The minimum absolute atomic E-state index is 0.0467. The lowest BCUT2D eigenvalue weighted by Crippen LogP contribution is -2.39. The van der Waals surface area contributed by atoms with Gasteiger partial charge in [0.2, 0.25) is 0 Å². The Morgan fingerprint density at radius 2 is 2.00 bits per heavy atom. The highest BCUT2D eigenvalue weighted by molar-refractivity contribution is 9.10. The molecule has 3 aromatic rings. The van der Waals surface area contributed by atoms with Gasteiger partial charge in [0.05, 0.1) is 11.0 Å². The fourth-order valence-electron chi connectivity index (χ4n) is 2.71. The van der Waals surface area contributed by atoms with E-state index >= 15 is 0 Å². The number of rotatable bonds is 8. The second-order valence-corrected chi connectivity index (χ2v) is 7.15. The Morgan fingerprint density at radius 1 is 1.18 bits per heavy atom. The number of hydrogen-bond acceptors (Lipinski definition) is 4. The predicted octanol–water partition coefficient (Wildman–Crippen LogP) is 3.06. The molecule has 0 spiro atoms. The summed E-state index contributed by atoms with van der Waals surface area (Å²) in [4.78, 5) is 4.63. The molecule has 0 aliphatic carbocycles. The Morgan fingerprint density at radius 3 is 2.82 bits per heavy atom. The second kappa shape index (κ2) is 10.1. The van der Waals surface area contributed by atoms with Crippen molar-refractivity contribution in [2.75, 3.05) is 19.6 Å². The van der Waals surface area contributed by atoms with Crippen LogP contribution in [0.25, 0.3) is 5.65 Å². The predicted molar refractivity (Wildman–Crippen MR) is 115 cm³/mol. The molecule has 0 aliphatic heterocycles. The van der Waals surface area contributed by atoms with Crippen LogP contribution in [-0.4, -0.2) is 46.3 Å². The van der Waals surface area contributed by atoms with Gasteiger partial charge in [-0.15, -0.1) is 10.2 Å². The van der Waals surface area contributed by atoms with Crippen molar-refractivity contribution >= 4 is 27.5 Å². The Labute approximate surface area is 173 Å². The molecule has 7 nitrogen and oxygen atoms in total. The Hall–Kier alpha value is -2.61. The molecular weight excluding hydrogens is 420 g/mol. The maximum Gasteiger partial charge on any atom is 0.191 e. The topological polar surface area (TPSA) is 75.8 Å². The maximum atomic E-state index is 5.95. The lowest BCUT2D eigenvalue weighted by molar-refractivity contribution is 0.228. The van der Waals surface area contributed by atoms with E-state index in [2.05, 4.69) is 41.8 Å². The molecule has 0 saturated heterocycles. The Kier molecular flexibility index (Phi) is 7.25. The van der Waals surface area contributed by atoms with Gasteiger partial charge in [-0.25, -0.2) is 4.99 Å². The summed E-state index contributed by atoms with van der Waals surface area (Å²) in [7, 11) is 0. The average Bonchev–Trinajstić information content (AvgIpc) is 3.11. The number of fused-ring (bicyclic) bond motifs is 1. The molecule has 3 rings (SSSR count). The van der Waals surface area contributed by atoms with Crippen molar-refractivity contribution in [1.82, 2.24) is 25.2 Å². The van der Waals surface area contributed by atoms with Gasteiger partial charge in [0.25, 0.3) is 0 Å².